The van der Waals surface area contributed by atoms with Gasteiger partial charge in [0.15, 0.2) is 0 Å². The first kappa shape index (κ1) is 11.4. The quantitative estimate of drug-likeness (QED) is 0.753. The minimum absolute atomic E-state index is 0.738. The molecular formula is C13H16N4. The van der Waals surface area contributed by atoms with E-state index >= 15 is 0 Å². The molecule has 0 atom stereocenters. The van der Waals surface area contributed by atoms with Crippen molar-refractivity contribution < 1.29 is 0 Å². The standard InChI is InChI=1S/C13H16N4/c1-16(2)13-6-4-3-5-12(13)15-8-10-17-9-7-14-11-17/h3-9,11H,10H2,1-2H3. The van der Waals surface area contributed by atoms with Gasteiger partial charge < -0.3 is 9.47 Å². The summed E-state index contributed by atoms with van der Waals surface area (Å²) < 4.78 is 1.97. The molecule has 4 nitrogen and oxygen atoms in total. The summed E-state index contributed by atoms with van der Waals surface area (Å²) in [6.07, 6.45) is 7.36. The Hall–Kier alpha value is -2.10. The first-order chi connectivity index (χ1) is 8.27. The fourth-order valence-corrected chi connectivity index (χ4v) is 1.58. The van der Waals surface area contributed by atoms with E-state index in [0.29, 0.717) is 0 Å². The molecule has 0 radical (unpaired) electrons. The van der Waals surface area contributed by atoms with E-state index in [1.807, 2.05) is 49.3 Å². The first-order valence-corrected chi connectivity index (χ1v) is 5.52. The summed E-state index contributed by atoms with van der Waals surface area (Å²) in [5.74, 6) is 0. The van der Waals surface area contributed by atoms with Gasteiger partial charge in [0.2, 0.25) is 0 Å². The van der Waals surface area contributed by atoms with Crippen LogP contribution in [0.2, 0.25) is 0 Å². The Morgan fingerprint density at radius 1 is 1.35 bits per heavy atom. The highest BCUT2D eigenvalue weighted by Gasteiger charge is 2.00. The number of anilines is 1. The normalized spacial score (nSPS) is 10.9. The lowest BCUT2D eigenvalue weighted by Crippen LogP contribution is -2.08. The number of aliphatic imine (C=N–C) groups is 1. The lowest BCUT2D eigenvalue weighted by atomic mass is 10.2. The van der Waals surface area contributed by atoms with Crippen LogP contribution in [0.1, 0.15) is 0 Å². The number of aromatic nitrogens is 2. The molecule has 0 spiro atoms. The Morgan fingerprint density at radius 2 is 2.18 bits per heavy atom. The van der Waals surface area contributed by atoms with Gasteiger partial charge in [0.1, 0.15) is 0 Å². The molecule has 0 aliphatic heterocycles. The number of rotatable bonds is 4. The molecule has 2 rings (SSSR count). The molecule has 0 aliphatic carbocycles. The van der Waals surface area contributed by atoms with Crippen LogP contribution >= 0.6 is 0 Å². The lowest BCUT2D eigenvalue weighted by molar-refractivity contribution is 0.862. The van der Waals surface area contributed by atoms with Crippen molar-refractivity contribution >= 4 is 17.6 Å². The minimum Gasteiger partial charge on any atom is -0.376 e. The van der Waals surface area contributed by atoms with E-state index in [1.165, 1.54) is 0 Å². The molecule has 0 aliphatic rings. The van der Waals surface area contributed by atoms with Gasteiger partial charge in [-0.1, -0.05) is 12.1 Å². The van der Waals surface area contributed by atoms with Gasteiger partial charge in [0, 0.05) is 32.7 Å². The summed E-state index contributed by atoms with van der Waals surface area (Å²) in [5, 5.41) is 0. The van der Waals surface area contributed by atoms with Crippen LogP contribution in [0, 0.1) is 0 Å². The predicted molar refractivity (Wildman–Crippen MR) is 71.1 cm³/mol. The van der Waals surface area contributed by atoms with E-state index in [9.17, 15) is 0 Å². The Kier molecular flexibility index (Phi) is 3.55. The maximum Gasteiger partial charge on any atom is 0.0949 e. The number of para-hydroxylation sites is 2. The minimum atomic E-state index is 0.738. The van der Waals surface area contributed by atoms with Gasteiger partial charge in [-0.15, -0.1) is 0 Å². The SMILES string of the molecule is CN(C)c1ccccc1N=CCn1ccnc1. The Labute approximate surface area is 101 Å². The van der Waals surface area contributed by atoms with Crippen molar-refractivity contribution in [1.82, 2.24) is 9.55 Å². The fraction of sp³-hybridized carbons (Fsp3) is 0.231. The zero-order valence-corrected chi connectivity index (χ0v) is 10.1. The third-order valence-electron chi connectivity index (χ3n) is 2.45. The monoisotopic (exact) mass is 228 g/mol. The summed E-state index contributed by atoms with van der Waals surface area (Å²) in [6.45, 7) is 0.738. The zero-order chi connectivity index (χ0) is 12.1. The molecule has 0 saturated heterocycles. The number of imidazole rings is 1. The molecule has 0 N–H and O–H groups in total. The van der Waals surface area contributed by atoms with Crippen LogP contribution in [0.5, 0.6) is 0 Å². The van der Waals surface area contributed by atoms with Crippen molar-refractivity contribution in [3.05, 3.63) is 43.0 Å². The smallest absolute Gasteiger partial charge is 0.0949 e. The van der Waals surface area contributed by atoms with Crippen molar-refractivity contribution in [1.29, 1.82) is 0 Å². The average molecular weight is 228 g/mol. The summed E-state index contributed by atoms with van der Waals surface area (Å²) in [5.41, 5.74) is 2.10. The predicted octanol–water partition coefficient (Wildman–Crippen LogP) is 2.35. The number of nitrogens with zero attached hydrogens (tertiary/aromatic N) is 4. The van der Waals surface area contributed by atoms with Crippen LogP contribution in [0.25, 0.3) is 0 Å². The van der Waals surface area contributed by atoms with E-state index in [2.05, 4.69) is 20.9 Å². The van der Waals surface area contributed by atoms with Gasteiger partial charge in [-0.25, -0.2) is 4.98 Å². The summed E-state index contributed by atoms with van der Waals surface area (Å²) in [6, 6.07) is 8.09. The topological polar surface area (TPSA) is 33.4 Å². The van der Waals surface area contributed by atoms with Gasteiger partial charge in [-0.2, -0.15) is 0 Å². The van der Waals surface area contributed by atoms with Crippen LogP contribution in [-0.4, -0.2) is 29.9 Å². The number of hydrogen-bond acceptors (Lipinski definition) is 3. The van der Waals surface area contributed by atoms with Gasteiger partial charge >= 0.3 is 0 Å². The van der Waals surface area contributed by atoms with Crippen molar-refractivity contribution in [2.24, 2.45) is 4.99 Å². The van der Waals surface area contributed by atoms with Crippen molar-refractivity contribution in [3.8, 4) is 0 Å². The number of hydrogen-bond donors (Lipinski definition) is 0. The van der Waals surface area contributed by atoms with E-state index < -0.39 is 0 Å². The van der Waals surface area contributed by atoms with Crippen molar-refractivity contribution in [2.45, 2.75) is 6.54 Å². The average Bonchev–Trinajstić information content (AvgIpc) is 2.82. The Bertz CT molecular complexity index is 486. The second-order valence-corrected chi connectivity index (χ2v) is 3.95. The molecule has 0 saturated carbocycles. The van der Waals surface area contributed by atoms with E-state index in [-0.39, 0.29) is 0 Å². The third kappa shape index (κ3) is 2.93. The van der Waals surface area contributed by atoms with Crippen LogP contribution in [-0.2, 0) is 6.54 Å². The Balaban J connectivity index is 2.10. The van der Waals surface area contributed by atoms with Crippen LogP contribution in [0.15, 0.2) is 48.0 Å². The zero-order valence-electron chi connectivity index (χ0n) is 10.1. The first-order valence-electron chi connectivity index (χ1n) is 5.52. The highest BCUT2D eigenvalue weighted by atomic mass is 15.1. The van der Waals surface area contributed by atoms with Gasteiger partial charge in [0.05, 0.1) is 24.2 Å². The maximum atomic E-state index is 4.49. The summed E-state index contributed by atoms with van der Waals surface area (Å²) in [4.78, 5) is 10.5. The fourth-order valence-electron chi connectivity index (χ4n) is 1.58. The third-order valence-corrected chi connectivity index (χ3v) is 2.45. The molecule has 1 heterocycles. The Morgan fingerprint density at radius 3 is 2.88 bits per heavy atom. The van der Waals surface area contributed by atoms with E-state index in [1.54, 1.807) is 12.5 Å². The molecular weight excluding hydrogens is 212 g/mol. The second kappa shape index (κ2) is 5.30. The highest BCUT2D eigenvalue weighted by molar-refractivity contribution is 5.72. The molecule has 0 unspecified atom stereocenters. The maximum absolute atomic E-state index is 4.49. The molecule has 2 aromatic rings. The number of benzene rings is 1. The molecule has 1 aromatic carbocycles. The molecule has 88 valence electrons. The van der Waals surface area contributed by atoms with Crippen molar-refractivity contribution in [2.75, 3.05) is 19.0 Å². The molecule has 4 heteroatoms. The molecule has 0 fully saturated rings. The van der Waals surface area contributed by atoms with Gasteiger partial charge in [-0.05, 0) is 12.1 Å². The largest absolute Gasteiger partial charge is 0.376 e. The molecule has 1 aromatic heterocycles. The lowest BCUT2D eigenvalue weighted by Gasteiger charge is -2.14. The van der Waals surface area contributed by atoms with Crippen molar-refractivity contribution in [3.63, 3.8) is 0 Å². The summed E-state index contributed by atoms with van der Waals surface area (Å²) >= 11 is 0. The molecule has 17 heavy (non-hydrogen) atoms. The molecule has 0 amide bonds. The highest BCUT2D eigenvalue weighted by Crippen LogP contribution is 2.25. The second-order valence-electron chi connectivity index (χ2n) is 3.95. The van der Waals surface area contributed by atoms with Crippen LogP contribution < -0.4 is 4.90 Å². The summed E-state index contributed by atoms with van der Waals surface area (Å²) in [7, 11) is 4.04. The van der Waals surface area contributed by atoms with E-state index in [0.717, 1.165) is 17.9 Å². The van der Waals surface area contributed by atoms with Crippen LogP contribution in [0.3, 0.4) is 0 Å². The van der Waals surface area contributed by atoms with Gasteiger partial charge in [0.25, 0.3) is 0 Å². The molecule has 0 bridgehead atoms. The van der Waals surface area contributed by atoms with Gasteiger partial charge in [-0.3, -0.25) is 4.99 Å². The van der Waals surface area contributed by atoms with Crippen LogP contribution in [0.4, 0.5) is 11.4 Å². The van der Waals surface area contributed by atoms with E-state index in [4.69, 9.17) is 0 Å².